The minimum atomic E-state index is 0.800. The molecule has 0 N–H and O–H groups in total. The van der Waals surface area contributed by atoms with Crippen LogP contribution in [0.3, 0.4) is 0 Å². The average molecular weight is 250 g/mol. The van der Waals surface area contributed by atoms with Crippen LogP contribution in [0.1, 0.15) is 52.9 Å². The Morgan fingerprint density at radius 1 is 0.944 bits per heavy atom. The van der Waals surface area contributed by atoms with E-state index < -0.39 is 0 Å². The molecule has 2 heteroatoms. The number of piperazine rings is 1. The lowest BCUT2D eigenvalue weighted by molar-refractivity contribution is -0.0232. The molecule has 104 valence electrons. The third-order valence-corrected chi connectivity index (χ3v) is 5.89. The van der Waals surface area contributed by atoms with Crippen molar-refractivity contribution in [1.82, 2.24) is 9.80 Å². The Morgan fingerprint density at radius 2 is 1.72 bits per heavy atom. The molecule has 3 unspecified atom stereocenters. The van der Waals surface area contributed by atoms with Crippen LogP contribution in [-0.4, -0.2) is 47.6 Å². The SMILES string of the molecule is CC(C)C1CN2CCCC2CN1C(C)C1CCC1. The molecule has 2 saturated heterocycles. The quantitative estimate of drug-likeness (QED) is 0.760. The van der Waals surface area contributed by atoms with Crippen LogP contribution in [0.2, 0.25) is 0 Å². The Kier molecular flexibility index (Phi) is 3.68. The summed E-state index contributed by atoms with van der Waals surface area (Å²) in [5.74, 6) is 1.80. The van der Waals surface area contributed by atoms with Crippen molar-refractivity contribution in [3.63, 3.8) is 0 Å². The average Bonchev–Trinajstić information content (AvgIpc) is 2.71. The molecule has 0 aromatic rings. The van der Waals surface area contributed by atoms with Crippen LogP contribution in [0, 0.1) is 11.8 Å². The molecule has 0 aromatic heterocycles. The van der Waals surface area contributed by atoms with E-state index >= 15 is 0 Å². The van der Waals surface area contributed by atoms with Crippen LogP contribution in [0.15, 0.2) is 0 Å². The van der Waals surface area contributed by atoms with Gasteiger partial charge in [0.25, 0.3) is 0 Å². The predicted molar refractivity (Wildman–Crippen MR) is 76.7 cm³/mol. The van der Waals surface area contributed by atoms with Gasteiger partial charge in [0.15, 0.2) is 0 Å². The minimum absolute atomic E-state index is 0.800. The third-order valence-electron chi connectivity index (χ3n) is 5.89. The highest BCUT2D eigenvalue weighted by atomic mass is 15.3. The van der Waals surface area contributed by atoms with E-state index in [1.165, 1.54) is 51.7 Å². The lowest BCUT2D eigenvalue weighted by Gasteiger charge is -2.51. The molecule has 0 aromatic carbocycles. The van der Waals surface area contributed by atoms with E-state index in [1.807, 2.05) is 0 Å². The summed E-state index contributed by atoms with van der Waals surface area (Å²) >= 11 is 0. The van der Waals surface area contributed by atoms with E-state index in [9.17, 15) is 0 Å². The molecule has 2 aliphatic heterocycles. The monoisotopic (exact) mass is 250 g/mol. The van der Waals surface area contributed by atoms with Gasteiger partial charge in [-0.25, -0.2) is 0 Å². The van der Waals surface area contributed by atoms with Gasteiger partial charge in [-0.3, -0.25) is 9.80 Å². The summed E-state index contributed by atoms with van der Waals surface area (Å²) in [4.78, 5) is 5.66. The Bertz CT molecular complexity index is 285. The second-order valence-corrected chi connectivity index (χ2v) is 7.23. The molecule has 18 heavy (non-hydrogen) atoms. The van der Waals surface area contributed by atoms with Gasteiger partial charge in [0.1, 0.15) is 0 Å². The van der Waals surface area contributed by atoms with E-state index in [0.717, 1.165) is 30.0 Å². The first-order valence-electron chi connectivity index (χ1n) is 8.16. The van der Waals surface area contributed by atoms with Gasteiger partial charge in [-0.05, 0) is 51.0 Å². The summed E-state index contributed by atoms with van der Waals surface area (Å²) in [7, 11) is 0. The summed E-state index contributed by atoms with van der Waals surface area (Å²) in [6.45, 7) is 11.4. The molecule has 3 rings (SSSR count). The number of nitrogens with zero attached hydrogens (tertiary/aromatic N) is 2. The Labute approximate surface area is 113 Å². The van der Waals surface area contributed by atoms with Crippen LogP contribution in [0.4, 0.5) is 0 Å². The fourth-order valence-corrected chi connectivity index (χ4v) is 4.32. The molecule has 3 aliphatic rings. The van der Waals surface area contributed by atoms with Gasteiger partial charge < -0.3 is 0 Å². The fraction of sp³-hybridized carbons (Fsp3) is 1.00. The lowest BCUT2D eigenvalue weighted by Crippen LogP contribution is -2.61. The van der Waals surface area contributed by atoms with Gasteiger partial charge in [-0.15, -0.1) is 0 Å². The first-order chi connectivity index (χ1) is 8.66. The van der Waals surface area contributed by atoms with E-state index in [2.05, 4.69) is 30.6 Å². The highest BCUT2D eigenvalue weighted by molar-refractivity contribution is 4.97. The molecule has 2 nitrogen and oxygen atoms in total. The summed E-state index contributed by atoms with van der Waals surface area (Å²) in [5, 5.41) is 0. The Hall–Kier alpha value is -0.0800. The third kappa shape index (κ3) is 2.22. The largest absolute Gasteiger partial charge is 0.298 e. The van der Waals surface area contributed by atoms with Crippen molar-refractivity contribution in [3.05, 3.63) is 0 Å². The van der Waals surface area contributed by atoms with Gasteiger partial charge >= 0.3 is 0 Å². The van der Waals surface area contributed by atoms with Crippen LogP contribution < -0.4 is 0 Å². The molecule has 0 radical (unpaired) electrons. The van der Waals surface area contributed by atoms with Gasteiger partial charge in [0, 0.05) is 31.2 Å². The predicted octanol–water partition coefficient (Wildman–Crippen LogP) is 2.98. The van der Waals surface area contributed by atoms with Gasteiger partial charge in [-0.1, -0.05) is 20.3 Å². The molecule has 2 heterocycles. The smallest absolute Gasteiger partial charge is 0.0249 e. The van der Waals surface area contributed by atoms with Crippen LogP contribution in [0.5, 0.6) is 0 Å². The van der Waals surface area contributed by atoms with Crippen molar-refractivity contribution in [3.8, 4) is 0 Å². The zero-order valence-electron chi connectivity index (χ0n) is 12.4. The number of hydrogen-bond donors (Lipinski definition) is 0. The highest BCUT2D eigenvalue weighted by Gasteiger charge is 2.41. The van der Waals surface area contributed by atoms with Crippen LogP contribution in [-0.2, 0) is 0 Å². The summed E-state index contributed by atoms with van der Waals surface area (Å²) < 4.78 is 0. The normalized spacial score (nSPS) is 36.7. The zero-order chi connectivity index (χ0) is 12.7. The molecule has 0 bridgehead atoms. The maximum atomic E-state index is 2.89. The van der Waals surface area contributed by atoms with E-state index in [-0.39, 0.29) is 0 Å². The Morgan fingerprint density at radius 3 is 2.33 bits per heavy atom. The topological polar surface area (TPSA) is 6.48 Å². The lowest BCUT2D eigenvalue weighted by atomic mass is 9.78. The molecule has 3 fully saturated rings. The van der Waals surface area contributed by atoms with Crippen molar-refractivity contribution in [2.24, 2.45) is 11.8 Å². The standard InChI is InChI=1S/C16H30N2/c1-12(2)16-11-17-9-5-8-15(17)10-18(16)13(3)14-6-4-7-14/h12-16H,4-11H2,1-3H3. The second kappa shape index (κ2) is 5.13. The van der Waals surface area contributed by atoms with Gasteiger partial charge in [0.05, 0.1) is 0 Å². The molecule has 1 aliphatic carbocycles. The first-order valence-corrected chi connectivity index (χ1v) is 8.16. The number of fused-ring (bicyclic) bond motifs is 1. The van der Waals surface area contributed by atoms with Crippen molar-refractivity contribution < 1.29 is 0 Å². The number of hydrogen-bond acceptors (Lipinski definition) is 2. The zero-order valence-corrected chi connectivity index (χ0v) is 12.4. The molecular formula is C16H30N2. The first kappa shape index (κ1) is 12.9. The maximum Gasteiger partial charge on any atom is 0.0249 e. The van der Waals surface area contributed by atoms with E-state index in [4.69, 9.17) is 0 Å². The minimum Gasteiger partial charge on any atom is -0.298 e. The van der Waals surface area contributed by atoms with E-state index in [1.54, 1.807) is 0 Å². The molecule has 0 amide bonds. The molecule has 0 spiro atoms. The van der Waals surface area contributed by atoms with Gasteiger partial charge in [0.2, 0.25) is 0 Å². The molecule has 1 saturated carbocycles. The van der Waals surface area contributed by atoms with Crippen molar-refractivity contribution in [2.45, 2.75) is 71.0 Å². The van der Waals surface area contributed by atoms with Crippen molar-refractivity contribution >= 4 is 0 Å². The molecular weight excluding hydrogens is 220 g/mol. The molecule has 3 atom stereocenters. The maximum absolute atomic E-state index is 2.89. The number of rotatable bonds is 3. The summed E-state index contributed by atoms with van der Waals surface area (Å²) in [6, 6.07) is 2.51. The van der Waals surface area contributed by atoms with Gasteiger partial charge in [-0.2, -0.15) is 0 Å². The van der Waals surface area contributed by atoms with E-state index in [0.29, 0.717) is 0 Å². The van der Waals surface area contributed by atoms with Crippen LogP contribution in [0.25, 0.3) is 0 Å². The highest BCUT2D eigenvalue weighted by Crippen LogP contribution is 2.36. The van der Waals surface area contributed by atoms with Crippen molar-refractivity contribution in [1.29, 1.82) is 0 Å². The van der Waals surface area contributed by atoms with Crippen molar-refractivity contribution in [2.75, 3.05) is 19.6 Å². The second-order valence-electron chi connectivity index (χ2n) is 7.23. The Balaban J connectivity index is 1.71. The fourth-order valence-electron chi connectivity index (χ4n) is 4.32. The summed E-state index contributed by atoms with van der Waals surface area (Å²) in [6.07, 6.45) is 7.32. The summed E-state index contributed by atoms with van der Waals surface area (Å²) in [5.41, 5.74) is 0. The van der Waals surface area contributed by atoms with Crippen LogP contribution >= 0.6 is 0 Å².